The fourth-order valence-corrected chi connectivity index (χ4v) is 1.90. The molecule has 1 aromatic carbocycles. The molecular formula is C12H13F3N2O2S. The summed E-state index contributed by atoms with van der Waals surface area (Å²) in [7, 11) is 0. The van der Waals surface area contributed by atoms with Gasteiger partial charge in [0.25, 0.3) is 0 Å². The van der Waals surface area contributed by atoms with Crippen LogP contribution in [0.4, 0.5) is 24.5 Å². The monoisotopic (exact) mass is 306 g/mol. The normalized spacial score (nSPS) is 12.7. The molecule has 110 valence electrons. The van der Waals surface area contributed by atoms with Gasteiger partial charge in [-0.3, -0.25) is 9.59 Å². The summed E-state index contributed by atoms with van der Waals surface area (Å²) in [5.41, 5.74) is -3.56. The molecule has 0 unspecified atom stereocenters. The molecule has 4 nitrogen and oxygen atoms in total. The molecule has 0 aliphatic rings. The Morgan fingerprint density at radius 3 is 1.95 bits per heavy atom. The standard InChI is InChI=1S/C12H13F3N2O2S/c1-7(20-12(13,14)15)11(19)17-10-5-3-9(4-6-10)16-8(2)18/h3-7H,1-2H3,(H,16,18)(H,17,19)/t7-/m1/s1. The summed E-state index contributed by atoms with van der Waals surface area (Å²) in [6, 6.07) is 6.07. The van der Waals surface area contributed by atoms with Gasteiger partial charge in [-0.1, -0.05) is 0 Å². The van der Waals surface area contributed by atoms with Gasteiger partial charge in [0.2, 0.25) is 11.8 Å². The molecule has 0 radical (unpaired) electrons. The SMILES string of the molecule is CC(=O)Nc1ccc(NC(=O)[C@@H](C)SC(F)(F)F)cc1. The maximum absolute atomic E-state index is 12.1. The molecule has 2 amide bonds. The number of thioether (sulfide) groups is 1. The molecule has 0 spiro atoms. The van der Waals surface area contributed by atoms with Crippen molar-refractivity contribution in [3.63, 3.8) is 0 Å². The number of alkyl halides is 3. The average Bonchev–Trinajstić information content (AvgIpc) is 2.28. The van der Waals surface area contributed by atoms with Crippen LogP contribution in [0.1, 0.15) is 13.8 Å². The summed E-state index contributed by atoms with van der Waals surface area (Å²) in [5.74, 6) is -0.975. The van der Waals surface area contributed by atoms with Crippen LogP contribution >= 0.6 is 11.8 Å². The predicted octanol–water partition coefficient (Wildman–Crippen LogP) is 3.23. The first kappa shape index (κ1) is 16.4. The Hall–Kier alpha value is -1.70. The second kappa shape index (κ2) is 6.65. The summed E-state index contributed by atoms with van der Waals surface area (Å²) in [4.78, 5) is 22.4. The van der Waals surface area contributed by atoms with E-state index in [1.807, 2.05) is 0 Å². The molecule has 0 heterocycles. The van der Waals surface area contributed by atoms with Crippen LogP contribution in [0.25, 0.3) is 0 Å². The smallest absolute Gasteiger partial charge is 0.326 e. The van der Waals surface area contributed by atoms with E-state index < -0.39 is 16.7 Å². The number of carbonyl (C=O) groups excluding carboxylic acids is 2. The second-order valence-electron chi connectivity index (χ2n) is 3.95. The van der Waals surface area contributed by atoms with Crippen LogP contribution in [0.5, 0.6) is 0 Å². The van der Waals surface area contributed by atoms with Crippen LogP contribution < -0.4 is 10.6 Å². The van der Waals surface area contributed by atoms with Gasteiger partial charge in [-0.25, -0.2) is 0 Å². The lowest BCUT2D eigenvalue weighted by Crippen LogP contribution is -2.25. The molecule has 0 bridgehead atoms. The molecule has 0 aromatic heterocycles. The molecule has 0 fully saturated rings. The van der Waals surface area contributed by atoms with Crippen LogP contribution in [0.15, 0.2) is 24.3 Å². The second-order valence-corrected chi connectivity index (χ2v) is 5.36. The van der Waals surface area contributed by atoms with Crippen molar-refractivity contribution >= 4 is 35.0 Å². The molecule has 0 aliphatic carbocycles. The van der Waals surface area contributed by atoms with Crippen LogP contribution in [-0.2, 0) is 9.59 Å². The first-order valence-corrected chi connectivity index (χ1v) is 6.48. The van der Waals surface area contributed by atoms with Gasteiger partial charge in [0.15, 0.2) is 0 Å². The van der Waals surface area contributed by atoms with Gasteiger partial charge in [0.05, 0.1) is 5.25 Å². The summed E-state index contributed by atoms with van der Waals surface area (Å²) in [5, 5.41) is 3.66. The Morgan fingerprint density at radius 1 is 1.10 bits per heavy atom. The third-order valence-electron chi connectivity index (χ3n) is 2.15. The minimum atomic E-state index is -4.45. The Labute approximate surface area is 118 Å². The summed E-state index contributed by atoms with van der Waals surface area (Å²) in [6.45, 7) is 2.53. The maximum atomic E-state index is 12.1. The first-order chi connectivity index (χ1) is 9.17. The number of rotatable bonds is 4. The van der Waals surface area contributed by atoms with Gasteiger partial charge in [-0.15, -0.1) is 0 Å². The van der Waals surface area contributed by atoms with Gasteiger partial charge in [0, 0.05) is 18.3 Å². The van der Waals surface area contributed by atoms with Crippen LogP contribution in [0, 0.1) is 0 Å². The molecule has 1 rings (SSSR count). The van der Waals surface area contributed by atoms with Gasteiger partial charge < -0.3 is 10.6 Å². The number of hydrogen-bond donors (Lipinski definition) is 2. The number of hydrogen-bond acceptors (Lipinski definition) is 3. The molecule has 1 aromatic rings. The molecule has 0 saturated carbocycles. The van der Waals surface area contributed by atoms with E-state index in [2.05, 4.69) is 10.6 Å². The lowest BCUT2D eigenvalue weighted by Gasteiger charge is -2.13. The fourth-order valence-electron chi connectivity index (χ4n) is 1.34. The molecule has 0 aliphatic heterocycles. The first-order valence-electron chi connectivity index (χ1n) is 5.60. The molecule has 20 heavy (non-hydrogen) atoms. The minimum absolute atomic E-state index is 0.239. The van der Waals surface area contributed by atoms with E-state index >= 15 is 0 Å². The minimum Gasteiger partial charge on any atom is -0.326 e. The third kappa shape index (κ3) is 5.96. The Balaban J connectivity index is 2.60. The van der Waals surface area contributed by atoms with Crippen molar-refractivity contribution in [2.45, 2.75) is 24.6 Å². The maximum Gasteiger partial charge on any atom is 0.442 e. The number of amides is 2. The van der Waals surface area contributed by atoms with Crippen molar-refractivity contribution in [3.05, 3.63) is 24.3 Å². The van der Waals surface area contributed by atoms with Crippen molar-refractivity contribution in [1.29, 1.82) is 0 Å². The number of nitrogens with one attached hydrogen (secondary N) is 2. The van der Waals surface area contributed by atoms with Crippen LogP contribution in [0.2, 0.25) is 0 Å². The zero-order valence-electron chi connectivity index (χ0n) is 10.7. The summed E-state index contributed by atoms with van der Waals surface area (Å²) in [6.07, 6.45) is 0. The summed E-state index contributed by atoms with van der Waals surface area (Å²) >= 11 is -0.373. The van der Waals surface area contributed by atoms with Crippen molar-refractivity contribution in [3.8, 4) is 0 Å². The molecule has 0 saturated heterocycles. The molecule has 2 N–H and O–H groups in total. The Morgan fingerprint density at radius 2 is 1.55 bits per heavy atom. The van der Waals surface area contributed by atoms with Gasteiger partial charge >= 0.3 is 5.51 Å². The van der Waals surface area contributed by atoms with Gasteiger partial charge in [0.1, 0.15) is 0 Å². The summed E-state index contributed by atoms with van der Waals surface area (Å²) < 4.78 is 36.4. The number of halogens is 3. The van der Waals surface area contributed by atoms with Crippen LogP contribution in [-0.4, -0.2) is 22.6 Å². The number of benzene rings is 1. The highest BCUT2D eigenvalue weighted by Crippen LogP contribution is 2.34. The Kier molecular flexibility index (Phi) is 5.43. The van der Waals surface area contributed by atoms with Gasteiger partial charge in [-0.05, 0) is 43.0 Å². The van der Waals surface area contributed by atoms with Crippen molar-refractivity contribution < 1.29 is 22.8 Å². The topological polar surface area (TPSA) is 58.2 Å². The largest absolute Gasteiger partial charge is 0.442 e. The number of anilines is 2. The molecule has 1 atom stereocenters. The van der Waals surface area contributed by atoms with Crippen molar-refractivity contribution in [1.82, 2.24) is 0 Å². The predicted molar refractivity (Wildman–Crippen MR) is 72.5 cm³/mol. The zero-order chi connectivity index (χ0) is 15.3. The molecular weight excluding hydrogens is 293 g/mol. The lowest BCUT2D eigenvalue weighted by molar-refractivity contribution is -0.116. The van der Waals surface area contributed by atoms with E-state index in [4.69, 9.17) is 0 Å². The fraction of sp³-hybridized carbons (Fsp3) is 0.333. The van der Waals surface area contributed by atoms with Gasteiger partial charge in [-0.2, -0.15) is 13.2 Å². The highest BCUT2D eigenvalue weighted by molar-refractivity contribution is 8.01. The highest BCUT2D eigenvalue weighted by Gasteiger charge is 2.34. The Bertz CT molecular complexity index is 488. The van der Waals surface area contributed by atoms with E-state index in [0.29, 0.717) is 11.4 Å². The van der Waals surface area contributed by atoms with E-state index in [0.717, 1.165) is 0 Å². The molecule has 8 heteroatoms. The van der Waals surface area contributed by atoms with E-state index in [9.17, 15) is 22.8 Å². The number of carbonyl (C=O) groups is 2. The van der Waals surface area contributed by atoms with Crippen molar-refractivity contribution in [2.24, 2.45) is 0 Å². The van der Waals surface area contributed by atoms with E-state index in [-0.39, 0.29) is 17.7 Å². The third-order valence-corrected chi connectivity index (χ3v) is 2.99. The lowest BCUT2D eigenvalue weighted by atomic mass is 10.2. The van der Waals surface area contributed by atoms with E-state index in [1.54, 1.807) is 12.1 Å². The van der Waals surface area contributed by atoms with Crippen molar-refractivity contribution in [2.75, 3.05) is 10.6 Å². The highest BCUT2D eigenvalue weighted by atomic mass is 32.2. The van der Waals surface area contributed by atoms with Crippen LogP contribution in [0.3, 0.4) is 0 Å². The quantitative estimate of drug-likeness (QED) is 0.898. The van der Waals surface area contributed by atoms with E-state index in [1.165, 1.54) is 26.0 Å². The zero-order valence-corrected chi connectivity index (χ0v) is 11.6. The average molecular weight is 306 g/mol.